The molecule has 2 aromatic carbocycles. The molecule has 0 atom stereocenters. The summed E-state index contributed by atoms with van der Waals surface area (Å²) in [5, 5.41) is 5.60. The van der Waals surface area contributed by atoms with Gasteiger partial charge in [0.15, 0.2) is 0 Å². The monoisotopic (exact) mass is 434 g/mol. The number of benzene rings is 2. The smallest absolute Gasteiger partial charge is 0.138 e. The zero-order chi connectivity index (χ0) is 21.9. The zero-order valence-corrected chi connectivity index (χ0v) is 19.0. The Hall–Kier alpha value is -3.50. The number of pyridine rings is 2. The number of rotatable bonds is 2. The van der Waals surface area contributed by atoms with Crippen LogP contribution in [0.5, 0.6) is 0 Å². The molecule has 4 heterocycles. The van der Waals surface area contributed by atoms with Crippen LogP contribution in [-0.2, 0) is 5.41 Å². The van der Waals surface area contributed by atoms with Gasteiger partial charge in [-0.15, -0.1) is 11.3 Å². The SMILES string of the molecule is CC(C)(C)c1cc(-c2nccc3oc(-c4cnc5ccsc5c4)cc23)cc2ccccc12. The molecule has 4 aromatic heterocycles. The maximum atomic E-state index is 6.25. The van der Waals surface area contributed by atoms with Crippen molar-refractivity contribution in [3.8, 4) is 22.6 Å². The van der Waals surface area contributed by atoms with Crippen molar-refractivity contribution in [2.45, 2.75) is 26.2 Å². The van der Waals surface area contributed by atoms with Gasteiger partial charge in [-0.05, 0) is 63.5 Å². The molecule has 0 unspecified atom stereocenters. The summed E-state index contributed by atoms with van der Waals surface area (Å²) in [7, 11) is 0. The summed E-state index contributed by atoms with van der Waals surface area (Å²) in [6.45, 7) is 6.78. The van der Waals surface area contributed by atoms with Crippen LogP contribution >= 0.6 is 11.3 Å². The minimum atomic E-state index is 0.0207. The average molecular weight is 435 g/mol. The first-order chi connectivity index (χ1) is 15.5. The molecule has 0 bridgehead atoms. The van der Waals surface area contributed by atoms with E-state index >= 15 is 0 Å². The van der Waals surface area contributed by atoms with E-state index in [0.29, 0.717) is 0 Å². The second-order valence-electron chi connectivity index (χ2n) is 9.20. The highest BCUT2D eigenvalue weighted by Crippen LogP contribution is 2.38. The Kier molecular flexibility index (Phi) is 4.21. The summed E-state index contributed by atoms with van der Waals surface area (Å²) in [4.78, 5) is 9.36. The van der Waals surface area contributed by atoms with Gasteiger partial charge in [-0.25, -0.2) is 0 Å². The minimum absolute atomic E-state index is 0.0207. The fourth-order valence-electron chi connectivity index (χ4n) is 4.38. The standard InChI is InChI=1S/C28H22N2OS/c1-28(2,3)22-13-18(12-17-6-4-5-7-20(17)22)27-21-15-25(31-24(21)8-10-29-27)19-14-26-23(30-16-19)9-11-32-26/h4-16H,1-3H3. The minimum Gasteiger partial charge on any atom is -0.456 e. The Morgan fingerprint density at radius 1 is 0.844 bits per heavy atom. The maximum absolute atomic E-state index is 6.25. The lowest BCUT2D eigenvalue weighted by Gasteiger charge is -2.22. The molecule has 32 heavy (non-hydrogen) atoms. The van der Waals surface area contributed by atoms with Crippen molar-refractivity contribution in [1.29, 1.82) is 0 Å². The molecule has 0 N–H and O–H groups in total. The van der Waals surface area contributed by atoms with Crippen molar-refractivity contribution >= 4 is 43.3 Å². The van der Waals surface area contributed by atoms with Crippen molar-refractivity contribution < 1.29 is 4.42 Å². The number of furan rings is 1. The van der Waals surface area contributed by atoms with E-state index in [9.17, 15) is 0 Å². The summed E-state index contributed by atoms with van der Waals surface area (Å²) in [6.07, 6.45) is 3.71. The van der Waals surface area contributed by atoms with Crippen LogP contribution in [0.25, 0.3) is 54.5 Å². The molecular weight excluding hydrogens is 412 g/mol. The molecule has 0 saturated carbocycles. The van der Waals surface area contributed by atoms with Crippen molar-refractivity contribution in [2.75, 3.05) is 0 Å². The van der Waals surface area contributed by atoms with Crippen LogP contribution in [0.1, 0.15) is 26.3 Å². The van der Waals surface area contributed by atoms with Gasteiger partial charge in [0.2, 0.25) is 0 Å². The summed E-state index contributed by atoms with van der Waals surface area (Å²) >= 11 is 1.69. The molecule has 0 saturated heterocycles. The highest BCUT2D eigenvalue weighted by Gasteiger charge is 2.20. The molecule has 0 aliphatic carbocycles. The lowest BCUT2D eigenvalue weighted by atomic mass is 9.82. The van der Waals surface area contributed by atoms with Gasteiger partial charge in [0, 0.05) is 28.9 Å². The van der Waals surface area contributed by atoms with Gasteiger partial charge in [-0.1, -0.05) is 45.0 Å². The lowest BCUT2D eigenvalue weighted by molar-refractivity contribution is 0.596. The second kappa shape index (κ2) is 7.01. The Bertz CT molecular complexity index is 1620. The van der Waals surface area contributed by atoms with Gasteiger partial charge >= 0.3 is 0 Å². The molecule has 4 heteroatoms. The van der Waals surface area contributed by atoms with Crippen molar-refractivity contribution in [2.24, 2.45) is 0 Å². The molecule has 0 amide bonds. The van der Waals surface area contributed by atoms with E-state index in [1.54, 1.807) is 11.3 Å². The number of hydrogen-bond acceptors (Lipinski definition) is 4. The van der Waals surface area contributed by atoms with Crippen molar-refractivity contribution in [3.63, 3.8) is 0 Å². The van der Waals surface area contributed by atoms with Gasteiger partial charge in [0.05, 0.1) is 15.9 Å². The normalized spacial score (nSPS) is 12.2. The molecule has 6 aromatic rings. The van der Waals surface area contributed by atoms with E-state index in [2.05, 4.69) is 79.7 Å². The summed E-state index contributed by atoms with van der Waals surface area (Å²) in [6, 6.07) is 21.3. The second-order valence-corrected chi connectivity index (χ2v) is 10.2. The van der Waals surface area contributed by atoms with Gasteiger partial charge in [0.25, 0.3) is 0 Å². The van der Waals surface area contributed by atoms with Crippen LogP contribution < -0.4 is 0 Å². The number of thiophene rings is 1. The Morgan fingerprint density at radius 2 is 1.72 bits per heavy atom. The summed E-state index contributed by atoms with van der Waals surface area (Å²) in [5.74, 6) is 0.814. The van der Waals surface area contributed by atoms with E-state index in [1.807, 2.05) is 24.5 Å². The summed E-state index contributed by atoms with van der Waals surface area (Å²) < 4.78 is 7.41. The van der Waals surface area contributed by atoms with Gasteiger partial charge in [-0.2, -0.15) is 0 Å². The topological polar surface area (TPSA) is 38.9 Å². The first-order valence-electron chi connectivity index (χ1n) is 10.7. The number of fused-ring (bicyclic) bond motifs is 3. The predicted octanol–water partition coefficient (Wildman–Crippen LogP) is 8.22. The Morgan fingerprint density at radius 3 is 2.59 bits per heavy atom. The molecule has 0 radical (unpaired) electrons. The zero-order valence-electron chi connectivity index (χ0n) is 18.2. The van der Waals surface area contributed by atoms with E-state index in [0.717, 1.165) is 43.8 Å². The molecular formula is C28H22N2OS. The van der Waals surface area contributed by atoms with Crippen LogP contribution in [-0.4, -0.2) is 9.97 Å². The first kappa shape index (κ1) is 19.2. The number of aromatic nitrogens is 2. The molecule has 0 fully saturated rings. The third-order valence-electron chi connectivity index (χ3n) is 5.98. The van der Waals surface area contributed by atoms with E-state index in [-0.39, 0.29) is 5.41 Å². The largest absolute Gasteiger partial charge is 0.456 e. The predicted molar refractivity (Wildman–Crippen MR) is 134 cm³/mol. The fourth-order valence-corrected chi connectivity index (χ4v) is 5.16. The molecule has 0 aliphatic heterocycles. The lowest BCUT2D eigenvalue weighted by Crippen LogP contribution is -2.12. The highest BCUT2D eigenvalue weighted by molar-refractivity contribution is 7.17. The van der Waals surface area contributed by atoms with E-state index < -0.39 is 0 Å². The van der Waals surface area contributed by atoms with Crippen LogP contribution in [0, 0.1) is 0 Å². The van der Waals surface area contributed by atoms with Crippen LogP contribution in [0.3, 0.4) is 0 Å². The van der Waals surface area contributed by atoms with Crippen LogP contribution in [0.4, 0.5) is 0 Å². The number of hydrogen-bond donors (Lipinski definition) is 0. The van der Waals surface area contributed by atoms with Crippen LogP contribution in [0.2, 0.25) is 0 Å². The van der Waals surface area contributed by atoms with E-state index in [4.69, 9.17) is 9.40 Å². The number of nitrogens with zero attached hydrogens (tertiary/aromatic N) is 2. The average Bonchev–Trinajstić information content (AvgIpc) is 3.43. The maximum Gasteiger partial charge on any atom is 0.138 e. The van der Waals surface area contributed by atoms with Crippen molar-refractivity contribution in [3.05, 3.63) is 84.0 Å². The fraction of sp³-hybridized carbons (Fsp3) is 0.143. The molecule has 0 aliphatic rings. The van der Waals surface area contributed by atoms with Gasteiger partial charge in [0.1, 0.15) is 11.3 Å². The van der Waals surface area contributed by atoms with Gasteiger partial charge < -0.3 is 4.42 Å². The quantitative estimate of drug-likeness (QED) is 0.275. The van der Waals surface area contributed by atoms with Crippen molar-refractivity contribution in [1.82, 2.24) is 9.97 Å². The van der Waals surface area contributed by atoms with Gasteiger partial charge in [-0.3, -0.25) is 9.97 Å². The van der Waals surface area contributed by atoms with Crippen LogP contribution in [0.15, 0.2) is 82.9 Å². The highest BCUT2D eigenvalue weighted by atomic mass is 32.1. The third-order valence-corrected chi connectivity index (χ3v) is 6.83. The molecule has 3 nitrogen and oxygen atoms in total. The Labute approximate surface area is 190 Å². The molecule has 156 valence electrons. The Balaban J connectivity index is 1.56. The van der Waals surface area contributed by atoms with E-state index in [1.165, 1.54) is 16.3 Å². The summed E-state index contributed by atoms with van der Waals surface area (Å²) in [5.41, 5.74) is 6.23. The first-order valence-corrected chi connectivity index (χ1v) is 11.6. The molecule has 0 spiro atoms. The molecule has 6 rings (SSSR count). The third kappa shape index (κ3) is 3.10.